The van der Waals surface area contributed by atoms with Crippen molar-refractivity contribution in [2.24, 2.45) is 0 Å². The Bertz CT molecular complexity index is 987. The molecular formula is C21H26N4O2. The molecule has 0 saturated heterocycles. The number of aliphatic hydroxyl groups excluding tert-OH is 1. The van der Waals surface area contributed by atoms with Gasteiger partial charge in [-0.15, -0.1) is 0 Å². The van der Waals surface area contributed by atoms with Crippen LogP contribution in [0.25, 0.3) is 5.65 Å². The third-order valence-corrected chi connectivity index (χ3v) is 4.97. The number of carbonyl (C=O) groups is 1. The molecule has 2 N–H and O–H groups in total. The zero-order chi connectivity index (χ0) is 19.7. The summed E-state index contributed by atoms with van der Waals surface area (Å²) >= 11 is 0. The van der Waals surface area contributed by atoms with Crippen LogP contribution in [-0.2, 0) is 0 Å². The van der Waals surface area contributed by atoms with E-state index in [1.807, 2.05) is 37.4 Å². The van der Waals surface area contributed by atoms with Crippen LogP contribution in [0.2, 0.25) is 0 Å². The van der Waals surface area contributed by atoms with E-state index in [-0.39, 0.29) is 19.1 Å². The van der Waals surface area contributed by atoms with Crippen molar-refractivity contribution in [2.75, 3.05) is 25.1 Å². The molecule has 0 unspecified atom stereocenters. The summed E-state index contributed by atoms with van der Waals surface area (Å²) in [5.41, 5.74) is 7.55. The standard InChI is InChI=1S/C21H26N4O2/c1-13-7-6-8-14(2)19(13)24(5)18-11-17(21(27)22-9-10-26)12-25-16(4)15(3)23-20(18)25/h6-8,11-12,26H,9-10H2,1-5H3,(H,22,27). The van der Waals surface area contributed by atoms with Crippen molar-refractivity contribution in [3.8, 4) is 0 Å². The minimum atomic E-state index is -0.215. The summed E-state index contributed by atoms with van der Waals surface area (Å²) in [5.74, 6) is -0.215. The van der Waals surface area contributed by atoms with Gasteiger partial charge in [0.05, 0.1) is 23.6 Å². The SMILES string of the molecule is Cc1cccc(C)c1N(C)c1cc(C(=O)NCCO)cn2c(C)c(C)nc12. The Morgan fingerprint density at radius 2 is 1.89 bits per heavy atom. The van der Waals surface area contributed by atoms with Crippen LogP contribution in [-0.4, -0.2) is 40.6 Å². The maximum absolute atomic E-state index is 12.5. The van der Waals surface area contributed by atoms with Crippen LogP contribution < -0.4 is 10.2 Å². The summed E-state index contributed by atoms with van der Waals surface area (Å²) in [6.07, 6.45) is 1.80. The van der Waals surface area contributed by atoms with Crippen molar-refractivity contribution in [1.82, 2.24) is 14.7 Å². The van der Waals surface area contributed by atoms with Crippen molar-refractivity contribution < 1.29 is 9.90 Å². The topological polar surface area (TPSA) is 69.9 Å². The minimum Gasteiger partial charge on any atom is -0.395 e. The molecule has 0 aliphatic rings. The van der Waals surface area contributed by atoms with Crippen molar-refractivity contribution in [3.63, 3.8) is 0 Å². The number of nitrogens with one attached hydrogen (secondary N) is 1. The van der Waals surface area contributed by atoms with E-state index in [0.29, 0.717) is 5.56 Å². The van der Waals surface area contributed by atoms with Gasteiger partial charge in [0.15, 0.2) is 5.65 Å². The highest BCUT2D eigenvalue weighted by Gasteiger charge is 2.19. The zero-order valence-electron chi connectivity index (χ0n) is 16.5. The largest absolute Gasteiger partial charge is 0.395 e. The molecule has 142 valence electrons. The number of imidazole rings is 1. The first-order valence-electron chi connectivity index (χ1n) is 9.03. The van der Waals surface area contributed by atoms with Crippen LogP contribution in [0.5, 0.6) is 0 Å². The summed E-state index contributed by atoms with van der Waals surface area (Å²) in [6, 6.07) is 8.06. The smallest absolute Gasteiger partial charge is 0.252 e. The number of carbonyl (C=O) groups excluding carboxylic acids is 1. The summed E-state index contributed by atoms with van der Waals surface area (Å²) < 4.78 is 1.96. The van der Waals surface area contributed by atoms with Crippen molar-refractivity contribution >= 4 is 22.9 Å². The monoisotopic (exact) mass is 366 g/mol. The highest BCUT2D eigenvalue weighted by atomic mass is 16.3. The highest BCUT2D eigenvalue weighted by Crippen LogP contribution is 2.33. The van der Waals surface area contributed by atoms with E-state index in [9.17, 15) is 4.79 Å². The molecule has 0 atom stereocenters. The van der Waals surface area contributed by atoms with Gasteiger partial charge in [0.25, 0.3) is 5.91 Å². The van der Waals surface area contributed by atoms with E-state index in [1.165, 1.54) is 0 Å². The molecule has 3 rings (SSSR count). The number of aryl methyl sites for hydroxylation is 4. The van der Waals surface area contributed by atoms with E-state index in [2.05, 4.69) is 36.2 Å². The van der Waals surface area contributed by atoms with Gasteiger partial charge in [0.1, 0.15) is 0 Å². The quantitative estimate of drug-likeness (QED) is 0.728. The number of fused-ring (bicyclic) bond motifs is 1. The summed E-state index contributed by atoms with van der Waals surface area (Å²) in [4.78, 5) is 19.4. The number of aliphatic hydroxyl groups is 1. The maximum Gasteiger partial charge on any atom is 0.252 e. The number of amides is 1. The van der Waals surface area contributed by atoms with Crippen LogP contribution in [0, 0.1) is 27.7 Å². The molecule has 0 aliphatic carbocycles. The summed E-state index contributed by atoms with van der Waals surface area (Å²) in [7, 11) is 2.00. The first kappa shape index (κ1) is 18.9. The maximum atomic E-state index is 12.5. The molecular weight excluding hydrogens is 340 g/mol. The Kier molecular flexibility index (Phi) is 5.19. The van der Waals surface area contributed by atoms with Gasteiger partial charge in [-0.05, 0) is 44.9 Å². The normalized spacial score (nSPS) is 11.0. The van der Waals surface area contributed by atoms with E-state index in [0.717, 1.165) is 39.5 Å². The predicted octanol–water partition coefficient (Wildman–Crippen LogP) is 3.06. The van der Waals surface area contributed by atoms with Gasteiger partial charge in [-0.25, -0.2) is 4.98 Å². The first-order valence-corrected chi connectivity index (χ1v) is 9.03. The molecule has 0 radical (unpaired) electrons. The molecule has 1 amide bonds. The molecule has 0 aliphatic heterocycles. The number of anilines is 2. The Hall–Kier alpha value is -2.86. The van der Waals surface area contributed by atoms with Crippen LogP contribution in [0.15, 0.2) is 30.5 Å². The lowest BCUT2D eigenvalue weighted by atomic mass is 10.1. The molecule has 0 saturated carbocycles. The molecule has 0 spiro atoms. The van der Waals surface area contributed by atoms with Gasteiger partial charge >= 0.3 is 0 Å². The average molecular weight is 366 g/mol. The van der Waals surface area contributed by atoms with Gasteiger partial charge in [0, 0.05) is 31.2 Å². The van der Waals surface area contributed by atoms with Gasteiger partial charge in [-0.2, -0.15) is 0 Å². The lowest BCUT2D eigenvalue weighted by Gasteiger charge is -2.25. The number of rotatable bonds is 5. The summed E-state index contributed by atoms with van der Waals surface area (Å²) in [6.45, 7) is 8.25. The zero-order valence-corrected chi connectivity index (χ0v) is 16.5. The van der Waals surface area contributed by atoms with Gasteiger partial charge in [-0.3, -0.25) is 4.79 Å². The lowest BCUT2D eigenvalue weighted by Crippen LogP contribution is -2.27. The van der Waals surface area contributed by atoms with Crippen LogP contribution >= 0.6 is 0 Å². The number of benzene rings is 1. The number of hydrogen-bond acceptors (Lipinski definition) is 4. The molecule has 27 heavy (non-hydrogen) atoms. The van der Waals surface area contributed by atoms with E-state index >= 15 is 0 Å². The van der Waals surface area contributed by atoms with Crippen molar-refractivity contribution in [1.29, 1.82) is 0 Å². The fourth-order valence-electron chi connectivity index (χ4n) is 3.45. The van der Waals surface area contributed by atoms with Gasteiger partial charge in [-0.1, -0.05) is 18.2 Å². The molecule has 6 nitrogen and oxygen atoms in total. The molecule has 2 heterocycles. The number of para-hydroxylation sites is 1. The van der Waals surface area contributed by atoms with E-state index < -0.39 is 0 Å². The molecule has 2 aromatic heterocycles. The third kappa shape index (κ3) is 3.40. The second-order valence-electron chi connectivity index (χ2n) is 6.87. The molecule has 0 fully saturated rings. The van der Waals surface area contributed by atoms with E-state index in [1.54, 1.807) is 6.20 Å². The molecule has 6 heteroatoms. The van der Waals surface area contributed by atoms with Crippen LogP contribution in [0.3, 0.4) is 0 Å². The highest BCUT2D eigenvalue weighted by molar-refractivity contribution is 5.96. The van der Waals surface area contributed by atoms with Crippen molar-refractivity contribution in [3.05, 3.63) is 58.5 Å². The second-order valence-corrected chi connectivity index (χ2v) is 6.87. The molecule has 1 aromatic carbocycles. The predicted molar refractivity (Wildman–Crippen MR) is 108 cm³/mol. The Morgan fingerprint density at radius 1 is 1.22 bits per heavy atom. The minimum absolute atomic E-state index is 0.0909. The number of aromatic nitrogens is 2. The Morgan fingerprint density at radius 3 is 2.52 bits per heavy atom. The molecule has 0 bridgehead atoms. The fourth-order valence-corrected chi connectivity index (χ4v) is 3.45. The number of nitrogens with zero attached hydrogens (tertiary/aromatic N) is 3. The second kappa shape index (κ2) is 7.40. The van der Waals surface area contributed by atoms with Crippen LogP contribution in [0.4, 0.5) is 11.4 Å². The van der Waals surface area contributed by atoms with Gasteiger partial charge in [0.2, 0.25) is 0 Å². The fraction of sp³-hybridized carbons (Fsp3) is 0.333. The Labute approximate surface area is 159 Å². The Balaban J connectivity index is 2.21. The van der Waals surface area contributed by atoms with Crippen LogP contribution in [0.1, 0.15) is 32.9 Å². The lowest BCUT2D eigenvalue weighted by molar-refractivity contribution is 0.0944. The van der Waals surface area contributed by atoms with Gasteiger partial charge < -0.3 is 19.7 Å². The average Bonchev–Trinajstić information content (AvgIpc) is 2.93. The first-order chi connectivity index (χ1) is 12.8. The summed E-state index contributed by atoms with van der Waals surface area (Å²) in [5, 5.41) is 11.7. The number of pyridine rings is 1. The van der Waals surface area contributed by atoms with Crippen molar-refractivity contribution in [2.45, 2.75) is 27.7 Å². The number of hydrogen-bond donors (Lipinski definition) is 2. The van der Waals surface area contributed by atoms with E-state index in [4.69, 9.17) is 10.1 Å². The molecule has 3 aromatic rings. The third-order valence-electron chi connectivity index (χ3n) is 4.97.